The number of aromatic nitrogens is 1. The van der Waals surface area contributed by atoms with Gasteiger partial charge in [-0.3, -0.25) is 9.78 Å². The molecule has 2 rings (SSSR count). The van der Waals surface area contributed by atoms with Crippen LogP contribution in [0.25, 0.3) is 0 Å². The zero-order valence-electron chi connectivity index (χ0n) is 10.6. The van der Waals surface area contributed by atoms with E-state index in [9.17, 15) is 4.79 Å². The van der Waals surface area contributed by atoms with E-state index in [1.165, 1.54) is 0 Å². The van der Waals surface area contributed by atoms with Crippen LogP contribution in [0.1, 0.15) is 11.1 Å². The number of pyridine rings is 1. The fraction of sp³-hybridized carbons (Fsp3) is 0.200. The molecule has 0 unspecified atom stereocenters. The van der Waals surface area contributed by atoms with Gasteiger partial charge in [0.2, 0.25) is 0 Å². The highest BCUT2D eigenvalue weighted by Gasteiger charge is 2.07. The minimum absolute atomic E-state index is 0.171. The van der Waals surface area contributed by atoms with Crippen LogP contribution >= 0.6 is 15.9 Å². The summed E-state index contributed by atoms with van der Waals surface area (Å²) in [5.41, 5.74) is 1.92. The molecule has 0 aliphatic carbocycles. The topological polar surface area (TPSA) is 39.2 Å². The molecule has 0 aliphatic heterocycles. The van der Waals surface area contributed by atoms with Gasteiger partial charge in [-0.2, -0.15) is 0 Å². The van der Waals surface area contributed by atoms with Gasteiger partial charge in [0.05, 0.1) is 11.6 Å². The largest absolute Gasteiger partial charge is 0.496 e. The molecule has 0 N–H and O–H groups in total. The molecule has 0 radical (unpaired) electrons. The molecule has 1 aromatic carbocycles. The van der Waals surface area contributed by atoms with Crippen LogP contribution < -0.4 is 4.74 Å². The van der Waals surface area contributed by atoms with Crippen molar-refractivity contribution in [1.29, 1.82) is 0 Å². The lowest BCUT2D eigenvalue weighted by atomic mass is 10.0. The fourth-order valence-corrected chi connectivity index (χ4v) is 2.43. The number of ether oxygens (including phenoxy) is 1. The molecule has 0 amide bonds. The summed E-state index contributed by atoms with van der Waals surface area (Å²) in [6.45, 7) is 0. The Bertz CT molecular complexity index is 570. The fourth-order valence-electron chi connectivity index (χ4n) is 1.84. The van der Waals surface area contributed by atoms with Gasteiger partial charge in [0, 0.05) is 25.2 Å². The number of nitrogens with zero attached hydrogens (tertiary/aromatic N) is 1. The third-order valence-electron chi connectivity index (χ3n) is 2.74. The number of rotatable bonds is 5. The number of hydrogen-bond acceptors (Lipinski definition) is 3. The molecule has 0 bridgehead atoms. The van der Waals surface area contributed by atoms with Gasteiger partial charge in [0.25, 0.3) is 0 Å². The number of benzene rings is 1. The Morgan fingerprint density at radius 2 is 2.05 bits per heavy atom. The highest BCUT2D eigenvalue weighted by atomic mass is 79.9. The van der Waals surface area contributed by atoms with Crippen LogP contribution in [0.3, 0.4) is 0 Å². The maximum absolute atomic E-state index is 12.0. The first-order chi connectivity index (χ1) is 9.19. The third kappa shape index (κ3) is 3.89. The van der Waals surface area contributed by atoms with Crippen LogP contribution in [-0.4, -0.2) is 17.9 Å². The second-order valence-corrected chi connectivity index (χ2v) is 5.08. The van der Waals surface area contributed by atoms with E-state index >= 15 is 0 Å². The van der Waals surface area contributed by atoms with Gasteiger partial charge in [0.15, 0.2) is 0 Å². The summed E-state index contributed by atoms with van der Waals surface area (Å²) in [5.74, 6) is 0.938. The van der Waals surface area contributed by atoms with Crippen LogP contribution in [0, 0.1) is 0 Å². The maximum Gasteiger partial charge on any atom is 0.141 e. The predicted octanol–water partition coefficient (Wildman–Crippen LogP) is 3.21. The minimum Gasteiger partial charge on any atom is -0.496 e. The lowest BCUT2D eigenvalue weighted by Crippen LogP contribution is -2.06. The summed E-state index contributed by atoms with van der Waals surface area (Å²) in [6.07, 6.45) is 4.26. The second kappa shape index (κ2) is 6.48. The summed E-state index contributed by atoms with van der Waals surface area (Å²) in [6, 6.07) is 9.43. The number of hydrogen-bond donors (Lipinski definition) is 0. The van der Waals surface area contributed by atoms with Crippen molar-refractivity contribution in [2.24, 2.45) is 0 Å². The van der Waals surface area contributed by atoms with Crippen molar-refractivity contribution < 1.29 is 9.53 Å². The van der Waals surface area contributed by atoms with Gasteiger partial charge in [-0.15, -0.1) is 0 Å². The average molecular weight is 320 g/mol. The summed E-state index contributed by atoms with van der Waals surface area (Å²) < 4.78 is 6.02. The van der Waals surface area contributed by atoms with E-state index < -0.39 is 0 Å². The molecule has 2 aromatic rings. The number of ketones is 1. The minimum atomic E-state index is 0.171. The standard InChI is InChI=1S/C15H14BrNO2/c1-19-15-5-4-11(9-14(15)16)7-13(18)8-12-3-2-6-17-10-12/h2-6,9-10H,7-8H2,1H3. The lowest BCUT2D eigenvalue weighted by Gasteiger charge is -2.06. The second-order valence-electron chi connectivity index (χ2n) is 4.22. The number of carbonyl (C=O) groups excluding carboxylic acids is 1. The third-order valence-corrected chi connectivity index (χ3v) is 3.36. The highest BCUT2D eigenvalue weighted by molar-refractivity contribution is 9.10. The van der Waals surface area contributed by atoms with Gasteiger partial charge in [-0.1, -0.05) is 12.1 Å². The predicted molar refractivity (Wildman–Crippen MR) is 77.3 cm³/mol. The summed E-state index contributed by atoms with van der Waals surface area (Å²) in [5, 5.41) is 0. The van der Waals surface area contributed by atoms with Crippen LogP contribution in [0.2, 0.25) is 0 Å². The van der Waals surface area contributed by atoms with E-state index in [0.29, 0.717) is 12.8 Å². The number of methoxy groups -OCH3 is 1. The Morgan fingerprint density at radius 1 is 1.26 bits per heavy atom. The smallest absolute Gasteiger partial charge is 0.141 e. The first-order valence-corrected chi connectivity index (χ1v) is 6.71. The van der Waals surface area contributed by atoms with Crippen LogP contribution in [-0.2, 0) is 17.6 Å². The van der Waals surface area contributed by atoms with Gasteiger partial charge in [-0.05, 0) is 45.3 Å². The van der Waals surface area contributed by atoms with E-state index in [2.05, 4.69) is 20.9 Å². The Hall–Kier alpha value is -1.68. The Labute approximate surface area is 120 Å². The molecule has 4 heteroatoms. The van der Waals surface area contributed by atoms with Crippen LogP contribution in [0.4, 0.5) is 0 Å². The summed E-state index contributed by atoms with van der Waals surface area (Å²) in [7, 11) is 1.62. The molecule has 98 valence electrons. The quantitative estimate of drug-likeness (QED) is 0.849. The molecule has 0 fully saturated rings. The molecular weight excluding hydrogens is 306 g/mol. The SMILES string of the molecule is COc1ccc(CC(=O)Cc2cccnc2)cc1Br. The first kappa shape index (κ1) is 13.7. The van der Waals surface area contributed by atoms with Crippen molar-refractivity contribution in [2.75, 3.05) is 7.11 Å². The van der Waals surface area contributed by atoms with E-state index in [0.717, 1.165) is 21.3 Å². The zero-order chi connectivity index (χ0) is 13.7. The molecule has 0 spiro atoms. The van der Waals surface area contributed by atoms with Crippen molar-refractivity contribution in [2.45, 2.75) is 12.8 Å². The van der Waals surface area contributed by atoms with Gasteiger partial charge in [-0.25, -0.2) is 0 Å². The van der Waals surface area contributed by atoms with E-state index in [1.54, 1.807) is 19.5 Å². The van der Waals surface area contributed by atoms with Gasteiger partial charge < -0.3 is 4.74 Å². The molecule has 1 aromatic heterocycles. The lowest BCUT2D eigenvalue weighted by molar-refractivity contribution is -0.117. The molecule has 19 heavy (non-hydrogen) atoms. The summed E-state index contributed by atoms with van der Waals surface area (Å²) >= 11 is 3.42. The zero-order valence-corrected chi connectivity index (χ0v) is 12.2. The average Bonchev–Trinajstić information content (AvgIpc) is 2.40. The monoisotopic (exact) mass is 319 g/mol. The number of Topliss-reactive ketones (excluding diaryl/α,β-unsaturated/α-hetero) is 1. The molecule has 1 heterocycles. The maximum atomic E-state index is 12.0. The molecular formula is C15H14BrNO2. The Morgan fingerprint density at radius 3 is 2.68 bits per heavy atom. The first-order valence-electron chi connectivity index (χ1n) is 5.92. The van der Waals surface area contributed by atoms with Crippen molar-refractivity contribution in [3.05, 3.63) is 58.3 Å². The van der Waals surface area contributed by atoms with Gasteiger partial charge >= 0.3 is 0 Å². The Balaban J connectivity index is 2.01. The molecule has 0 aliphatic rings. The molecule has 3 nitrogen and oxygen atoms in total. The molecule has 0 saturated heterocycles. The van der Waals surface area contributed by atoms with Gasteiger partial charge in [0.1, 0.15) is 11.5 Å². The number of halogens is 1. The van der Waals surface area contributed by atoms with Crippen LogP contribution in [0.5, 0.6) is 5.75 Å². The van der Waals surface area contributed by atoms with Crippen molar-refractivity contribution in [3.63, 3.8) is 0 Å². The van der Waals surface area contributed by atoms with Crippen molar-refractivity contribution in [1.82, 2.24) is 4.98 Å². The van der Waals surface area contributed by atoms with E-state index in [4.69, 9.17) is 4.74 Å². The molecule has 0 atom stereocenters. The van der Waals surface area contributed by atoms with Crippen LogP contribution in [0.15, 0.2) is 47.2 Å². The van der Waals surface area contributed by atoms with E-state index in [1.807, 2.05) is 30.3 Å². The Kier molecular flexibility index (Phi) is 4.68. The molecule has 0 saturated carbocycles. The van der Waals surface area contributed by atoms with Crippen molar-refractivity contribution >= 4 is 21.7 Å². The highest BCUT2D eigenvalue weighted by Crippen LogP contribution is 2.25. The number of carbonyl (C=O) groups is 1. The summed E-state index contributed by atoms with van der Waals surface area (Å²) in [4.78, 5) is 16.0. The van der Waals surface area contributed by atoms with E-state index in [-0.39, 0.29) is 5.78 Å². The normalized spacial score (nSPS) is 10.2. The van der Waals surface area contributed by atoms with Crippen molar-refractivity contribution in [3.8, 4) is 5.75 Å².